The summed E-state index contributed by atoms with van der Waals surface area (Å²) >= 11 is 0. The summed E-state index contributed by atoms with van der Waals surface area (Å²) in [4.78, 5) is 16.2. The fraction of sp³-hybridized carbons (Fsp3) is 0.538. The Morgan fingerprint density at radius 1 is 1.33 bits per heavy atom. The molecule has 0 aliphatic rings. The third-order valence-corrected chi connectivity index (χ3v) is 2.66. The standard InChI is InChI=1S/C13H19NO/c1-5-10(4)11-7-6-8-12(14-11)13(15)9(2)3/h6-10H,5H2,1-4H3. The molecule has 0 amide bonds. The number of pyridine rings is 1. The van der Waals surface area contributed by atoms with Crippen LogP contribution in [0.15, 0.2) is 18.2 Å². The minimum Gasteiger partial charge on any atom is -0.292 e. The summed E-state index contributed by atoms with van der Waals surface area (Å²) in [6.07, 6.45) is 1.05. The quantitative estimate of drug-likeness (QED) is 0.705. The molecule has 0 fully saturated rings. The molecule has 0 aliphatic carbocycles. The van der Waals surface area contributed by atoms with E-state index in [1.165, 1.54) is 0 Å². The summed E-state index contributed by atoms with van der Waals surface area (Å²) in [7, 11) is 0. The fourth-order valence-corrected chi connectivity index (χ4v) is 1.37. The molecule has 0 aromatic carbocycles. The first-order chi connectivity index (χ1) is 7.06. The van der Waals surface area contributed by atoms with Crippen molar-refractivity contribution in [2.24, 2.45) is 5.92 Å². The summed E-state index contributed by atoms with van der Waals surface area (Å²) in [5, 5.41) is 0. The van der Waals surface area contributed by atoms with E-state index in [2.05, 4.69) is 18.8 Å². The molecule has 82 valence electrons. The molecular weight excluding hydrogens is 186 g/mol. The van der Waals surface area contributed by atoms with Gasteiger partial charge in [-0.05, 0) is 24.5 Å². The molecule has 0 spiro atoms. The van der Waals surface area contributed by atoms with Gasteiger partial charge in [0.1, 0.15) is 5.69 Å². The van der Waals surface area contributed by atoms with Crippen molar-refractivity contribution >= 4 is 5.78 Å². The number of ketones is 1. The number of rotatable bonds is 4. The second-order valence-corrected chi connectivity index (χ2v) is 4.28. The van der Waals surface area contributed by atoms with Gasteiger partial charge in [0.15, 0.2) is 5.78 Å². The maximum absolute atomic E-state index is 11.7. The molecule has 1 heterocycles. The second kappa shape index (κ2) is 5.06. The minimum absolute atomic E-state index is 0.0182. The highest BCUT2D eigenvalue weighted by Crippen LogP contribution is 2.17. The van der Waals surface area contributed by atoms with Crippen molar-refractivity contribution in [1.82, 2.24) is 4.98 Å². The Balaban J connectivity index is 2.97. The van der Waals surface area contributed by atoms with Crippen molar-refractivity contribution in [3.05, 3.63) is 29.6 Å². The first-order valence-corrected chi connectivity index (χ1v) is 5.57. The lowest BCUT2D eigenvalue weighted by molar-refractivity contribution is 0.0934. The number of hydrogen-bond donors (Lipinski definition) is 0. The molecule has 2 nitrogen and oxygen atoms in total. The van der Waals surface area contributed by atoms with Crippen molar-refractivity contribution in [3.8, 4) is 0 Å². The van der Waals surface area contributed by atoms with Crippen molar-refractivity contribution in [2.75, 3.05) is 0 Å². The van der Waals surface area contributed by atoms with Gasteiger partial charge in [0, 0.05) is 11.6 Å². The van der Waals surface area contributed by atoms with Gasteiger partial charge in [0.2, 0.25) is 0 Å². The van der Waals surface area contributed by atoms with Crippen LogP contribution in [0.4, 0.5) is 0 Å². The van der Waals surface area contributed by atoms with Gasteiger partial charge >= 0.3 is 0 Å². The van der Waals surface area contributed by atoms with E-state index >= 15 is 0 Å². The van der Waals surface area contributed by atoms with Gasteiger partial charge in [0.05, 0.1) is 0 Å². The van der Waals surface area contributed by atoms with Gasteiger partial charge in [0.25, 0.3) is 0 Å². The Labute approximate surface area is 91.7 Å². The largest absolute Gasteiger partial charge is 0.292 e. The Kier molecular flexibility index (Phi) is 4.01. The third-order valence-electron chi connectivity index (χ3n) is 2.66. The van der Waals surface area contributed by atoms with Crippen LogP contribution in [0.5, 0.6) is 0 Å². The van der Waals surface area contributed by atoms with E-state index in [0.717, 1.165) is 12.1 Å². The van der Waals surface area contributed by atoms with Crippen LogP contribution in [0.1, 0.15) is 56.2 Å². The van der Waals surface area contributed by atoms with Gasteiger partial charge < -0.3 is 0 Å². The zero-order valence-corrected chi connectivity index (χ0v) is 9.95. The van der Waals surface area contributed by atoms with Crippen LogP contribution < -0.4 is 0 Å². The van der Waals surface area contributed by atoms with Crippen molar-refractivity contribution < 1.29 is 4.79 Å². The highest BCUT2D eigenvalue weighted by atomic mass is 16.1. The molecule has 1 aromatic heterocycles. The lowest BCUT2D eigenvalue weighted by Crippen LogP contribution is -2.11. The molecule has 0 saturated heterocycles. The van der Waals surface area contributed by atoms with E-state index in [1.807, 2.05) is 26.0 Å². The predicted octanol–water partition coefficient (Wildman–Crippen LogP) is 3.43. The van der Waals surface area contributed by atoms with Crippen LogP contribution in [0.25, 0.3) is 0 Å². The number of nitrogens with zero attached hydrogens (tertiary/aromatic N) is 1. The zero-order valence-electron chi connectivity index (χ0n) is 9.95. The van der Waals surface area contributed by atoms with Crippen LogP contribution in [-0.4, -0.2) is 10.8 Å². The number of aromatic nitrogens is 1. The maximum atomic E-state index is 11.7. The van der Waals surface area contributed by atoms with E-state index in [4.69, 9.17) is 0 Å². The van der Waals surface area contributed by atoms with Crippen molar-refractivity contribution in [3.63, 3.8) is 0 Å². The molecule has 0 N–H and O–H groups in total. The van der Waals surface area contributed by atoms with E-state index in [9.17, 15) is 4.79 Å². The summed E-state index contributed by atoms with van der Waals surface area (Å²) < 4.78 is 0. The number of carbonyl (C=O) groups excluding carboxylic acids is 1. The topological polar surface area (TPSA) is 30.0 Å². The molecule has 15 heavy (non-hydrogen) atoms. The number of carbonyl (C=O) groups is 1. The normalized spacial score (nSPS) is 12.9. The van der Waals surface area contributed by atoms with Crippen LogP contribution in [0.2, 0.25) is 0 Å². The Hall–Kier alpha value is -1.18. The molecule has 0 bridgehead atoms. The van der Waals surface area contributed by atoms with Crippen molar-refractivity contribution in [1.29, 1.82) is 0 Å². The summed E-state index contributed by atoms with van der Waals surface area (Å²) in [5.41, 5.74) is 1.62. The first-order valence-electron chi connectivity index (χ1n) is 5.57. The Morgan fingerprint density at radius 3 is 2.53 bits per heavy atom. The summed E-state index contributed by atoms with van der Waals surface area (Å²) in [6.45, 7) is 8.06. The minimum atomic E-state index is 0.0182. The Bertz CT molecular complexity index is 344. The van der Waals surface area contributed by atoms with Crippen LogP contribution in [0.3, 0.4) is 0 Å². The van der Waals surface area contributed by atoms with Gasteiger partial charge in [-0.1, -0.05) is 33.8 Å². The average Bonchev–Trinajstić information content (AvgIpc) is 2.27. The highest BCUT2D eigenvalue weighted by molar-refractivity contribution is 5.95. The van der Waals surface area contributed by atoms with Gasteiger partial charge in [-0.15, -0.1) is 0 Å². The first kappa shape index (κ1) is 11.9. The molecule has 0 aliphatic heterocycles. The van der Waals surface area contributed by atoms with Crippen LogP contribution >= 0.6 is 0 Å². The van der Waals surface area contributed by atoms with Crippen molar-refractivity contribution in [2.45, 2.75) is 40.0 Å². The fourth-order valence-electron chi connectivity index (χ4n) is 1.37. The molecule has 1 unspecified atom stereocenters. The number of hydrogen-bond acceptors (Lipinski definition) is 2. The van der Waals surface area contributed by atoms with Gasteiger partial charge in [-0.25, -0.2) is 4.98 Å². The molecule has 1 rings (SSSR count). The number of Topliss-reactive ketones (excluding diaryl/α,β-unsaturated/α-hetero) is 1. The zero-order chi connectivity index (χ0) is 11.4. The SMILES string of the molecule is CCC(C)c1cccc(C(=O)C(C)C)n1. The highest BCUT2D eigenvalue weighted by Gasteiger charge is 2.13. The van der Waals surface area contributed by atoms with E-state index in [-0.39, 0.29) is 11.7 Å². The van der Waals surface area contributed by atoms with Crippen LogP contribution in [-0.2, 0) is 0 Å². The molecule has 1 atom stereocenters. The Morgan fingerprint density at radius 2 is 2.00 bits per heavy atom. The summed E-state index contributed by atoms with van der Waals surface area (Å²) in [6, 6.07) is 5.71. The van der Waals surface area contributed by atoms with E-state index < -0.39 is 0 Å². The third kappa shape index (κ3) is 2.88. The van der Waals surface area contributed by atoms with E-state index in [0.29, 0.717) is 11.6 Å². The second-order valence-electron chi connectivity index (χ2n) is 4.28. The molecule has 0 radical (unpaired) electrons. The predicted molar refractivity (Wildman–Crippen MR) is 62.1 cm³/mol. The molecular formula is C13H19NO. The maximum Gasteiger partial charge on any atom is 0.183 e. The van der Waals surface area contributed by atoms with Gasteiger partial charge in [-0.2, -0.15) is 0 Å². The molecule has 2 heteroatoms. The molecule has 1 aromatic rings. The van der Waals surface area contributed by atoms with E-state index in [1.54, 1.807) is 6.07 Å². The monoisotopic (exact) mass is 205 g/mol. The molecule has 0 saturated carbocycles. The van der Waals surface area contributed by atoms with Gasteiger partial charge in [-0.3, -0.25) is 4.79 Å². The summed E-state index contributed by atoms with van der Waals surface area (Å²) in [5.74, 6) is 0.565. The lowest BCUT2D eigenvalue weighted by Gasteiger charge is -2.10. The lowest BCUT2D eigenvalue weighted by atomic mass is 10.0. The van der Waals surface area contributed by atoms with Crippen LogP contribution in [0, 0.1) is 5.92 Å². The smallest absolute Gasteiger partial charge is 0.183 e. The average molecular weight is 205 g/mol.